The van der Waals surface area contributed by atoms with Crippen LogP contribution in [0.1, 0.15) is 32.6 Å². The van der Waals surface area contributed by atoms with E-state index in [0.717, 1.165) is 12.8 Å². The van der Waals surface area contributed by atoms with E-state index in [1.165, 1.54) is 0 Å². The number of unbranched alkanes of at least 4 members (excludes halogenated alkanes) is 2. The molecule has 0 fully saturated rings. The summed E-state index contributed by atoms with van der Waals surface area (Å²) in [5.74, 6) is 0. The summed E-state index contributed by atoms with van der Waals surface area (Å²) in [6, 6.07) is 0. The van der Waals surface area contributed by atoms with Gasteiger partial charge in [-0.2, -0.15) is 0 Å². The molecule has 0 N–H and O–H groups in total. The molecular formula is C6H11F2OS+. The molecule has 0 rings (SSSR count). The van der Waals surface area contributed by atoms with Crippen molar-refractivity contribution in [2.75, 3.05) is 0 Å². The molecule has 0 bridgehead atoms. The van der Waals surface area contributed by atoms with Crippen molar-refractivity contribution < 1.29 is 13.0 Å². The van der Waals surface area contributed by atoms with E-state index in [1.807, 2.05) is 6.92 Å². The Balaban J connectivity index is 3.37. The van der Waals surface area contributed by atoms with Gasteiger partial charge in [-0.3, -0.25) is 0 Å². The number of halogens is 2. The molecule has 0 aromatic rings. The zero-order chi connectivity index (χ0) is 8.04. The molecule has 0 atom stereocenters. The number of hydrogen-bond donors (Lipinski definition) is 0. The molecule has 0 radical (unpaired) electrons. The van der Waals surface area contributed by atoms with E-state index < -0.39 is 16.9 Å². The second kappa shape index (κ2) is 4.66. The fraction of sp³-hybridized carbons (Fsp3) is 1.00. The summed E-state index contributed by atoms with van der Waals surface area (Å²) >= 11 is -0.606. The van der Waals surface area contributed by atoms with Gasteiger partial charge >= 0.3 is 16.9 Å². The first-order valence-corrected chi connectivity index (χ1v) is 4.05. The maximum Gasteiger partial charge on any atom is 0.542 e. The average molecular weight is 169 g/mol. The summed E-state index contributed by atoms with van der Waals surface area (Å²) in [5.41, 5.74) is 0. The van der Waals surface area contributed by atoms with Crippen molar-refractivity contribution in [2.24, 2.45) is 0 Å². The van der Waals surface area contributed by atoms with Crippen molar-refractivity contribution in [2.45, 2.75) is 37.9 Å². The Morgan fingerprint density at radius 3 is 2.40 bits per heavy atom. The first-order valence-electron chi connectivity index (χ1n) is 3.31. The molecule has 0 amide bonds. The summed E-state index contributed by atoms with van der Waals surface area (Å²) in [6.07, 6.45) is 1.84. The van der Waals surface area contributed by atoms with E-state index in [2.05, 4.69) is 0 Å². The molecular weight excluding hydrogens is 158 g/mol. The summed E-state index contributed by atoms with van der Waals surface area (Å²) in [7, 11) is 0. The van der Waals surface area contributed by atoms with Crippen LogP contribution in [0.2, 0.25) is 0 Å². The van der Waals surface area contributed by atoms with Crippen molar-refractivity contribution in [1.29, 1.82) is 0 Å². The number of hydrogen-bond acceptors (Lipinski definition) is 1. The van der Waals surface area contributed by atoms with E-state index in [4.69, 9.17) is 0 Å². The topological polar surface area (TPSA) is 17.1 Å². The smallest absolute Gasteiger partial charge is 0.142 e. The lowest BCUT2D eigenvalue weighted by Gasteiger charge is -1.95. The van der Waals surface area contributed by atoms with Gasteiger partial charge in [0.1, 0.15) is 0 Å². The van der Waals surface area contributed by atoms with Gasteiger partial charge in [-0.25, -0.2) is 0 Å². The molecule has 0 aromatic carbocycles. The number of rotatable bonds is 5. The van der Waals surface area contributed by atoms with Crippen LogP contribution in [0.25, 0.3) is 0 Å². The first-order chi connectivity index (χ1) is 4.62. The van der Waals surface area contributed by atoms with Gasteiger partial charge in [0.15, 0.2) is 0 Å². The van der Waals surface area contributed by atoms with Crippen LogP contribution >= 0.6 is 0 Å². The van der Waals surface area contributed by atoms with E-state index >= 15 is 0 Å². The third kappa shape index (κ3) is 4.73. The maximum absolute atomic E-state index is 12.1. The molecule has 0 saturated heterocycles. The Bertz CT molecular complexity index is 106. The third-order valence-electron chi connectivity index (χ3n) is 1.19. The Morgan fingerprint density at radius 1 is 1.40 bits per heavy atom. The van der Waals surface area contributed by atoms with Crippen LogP contribution in [-0.4, -0.2) is 5.25 Å². The zero-order valence-electron chi connectivity index (χ0n) is 5.90. The van der Waals surface area contributed by atoms with Gasteiger partial charge < -0.3 is 0 Å². The van der Waals surface area contributed by atoms with Crippen LogP contribution in [0.3, 0.4) is 0 Å². The monoisotopic (exact) mass is 169 g/mol. The maximum atomic E-state index is 12.1. The molecule has 0 aliphatic heterocycles. The Labute approximate surface area is 63.3 Å². The van der Waals surface area contributed by atoms with Crippen LogP contribution in [0.15, 0.2) is 0 Å². The van der Waals surface area contributed by atoms with Gasteiger partial charge in [-0.15, -0.1) is 8.78 Å². The van der Waals surface area contributed by atoms with E-state index in [-0.39, 0.29) is 6.42 Å². The highest BCUT2D eigenvalue weighted by Crippen LogP contribution is 2.20. The Hall–Kier alpha value is -0.120. The fourth-order valence-electron chi connectivity index (χ4n) is 0.622. The summed E-state index contributed by atoms with van der Waals surface area (Å²) in [6.45, 7) is 1.93. The van der Waals surface area contributed by atoms with Crippen molar-refractivity contribution in [3.8, 4) is 0 Å². The Morgan fingerprint density at radius 2 is 2.00 bits per heavy atom. The molecule has 60 valence electrons. The molecule has 0 heterocycles. The molecule has 0 saturated carbocycles. The van der Waals surface area contributed by atoms with Crippen LogP contribution in [0.5, 0.6) is 0 Å². The van der Waals surface area contributed by atoms with Crippen LogP contribution in [-0.2, 0) is 15.9 Å². The third-order valence-corrected chi connectivity index (χ3v) is 1.64. The normalized spacial score (nSPS) is 11.5. The Kier molecular flexibility index (Phi) is 4.60. The molecule has 10 heavy (non-hydrogen) atoms. The molecule has 0 unspecified atom stereocenters. The van der Waals surface area contributed by atoms with Gasteiger partial charge in [0, 0.05) is 4.21 Å². The van der Waals surface area contributed by atoms with Crippen molar-refractivity contribution in [1.82, 2.24) is 0 Å². The summed E-state index contributed by atoms with van der Waals surface area (Å²) in [4.78, 5) is 0. The van der Waals surface area contributed by atoms with E-state index in [1.54, 1.807) is 0 Å². The minimum absolute atomic E-state index is 0.283. The van der Waals surface area contributed by atoms with Gasteiger partial charge in [-0.05, 0) is 6.42 Å². The minimum atomic E-state index is -3.05. The molecule has 4 heteroatoms. The predicted octanol–water partition coefficient (Wildman–Crippen LogP) is 2.59. The average Bonchev–Trinajstić information content (AvgIpc) is 1.89. The summed E-state index contributed by atoms with van der Waals surface area (Å²) < 4.78 is 34.0. The highest BCUT2D eigenvalue weighted by Gasteiger charge is 2.44. The van der Waals surface area contributed by atoms with Crippen LogP contribution in [0.4, 0.5) is 8.78 Å². The predicted molar refractivity (Wildman–Crippen MR) is 37.1 cm³/mol. The lowest BCUT2D eigenvalue weighted by Crippen LogP contribution is -2.12. The molecule has 0 aliphatic carbocycles. The highest BCUT2D eigenvalue weighted by atomic mass is 32.1. The largest absolute Gasteiger partial charge is 0.542 e. The van der Waals surface area contributed by atoms with Gasteiger partial charge in [0.05, 0.1) is 6.42 Å². The second-order valence-electron chi connectivity index (χ2n) is 2.18. The van der Waals surface area contributed by atoms with Crippen LogP contribution < -0.4 is 0 Å². The zero-order valence-corrected chi connectivity index (χ0v) is 6.72. The molecule has 0 aromatic heterocycles. The molecule has 0 spiro atoms. The number of alkyl halides is 2. The second-order valence-corrected chi connectivity index (χ2v) is 2.94. The summed E-state index contributed by atoms with van der Waals surface area (Å²) in [5, 5.41) is -3.05. The lowest BCUT2D eigenvalue weighted by molar-refractivity contribution is 0.0883. The van der Waals surface area contributed by atoms with Crippen LogP contribution in [0, 0.1) is 0 Å². The molecule has 0 aliphatic rings. The van der Waals surface area contributed by atoms with Crippen molar-refractivity contribution in [3.63, 3.8) is 0 Å². The van der Waals surface area contributed by atoms with Gasteiger partial charge in [0.25, 0.3) is 0 Å². The minimum Gasteiger partial charge on any atom is -0.142 e. The standard InChI is InChI=1S/C6H11F2OS/c1-2-3-4-5-6(7,8)10-9/h2-5H2,1H3/q+1. The molecule has 1 nitrogen and oxygen atoms in total. The fourth-order valence-corrected chi connectivity index (χ4v) is 0.850. The van der Waals surface area contributed by atoms with Gasteiger partial charge in [-0.1, -0.05) is 19.8 Å². The van der Waals surface area contributed by atoms with Gasteiger partial charge in [0.2, 0.25) is 0 Å². The van der Waals surface area contributed by atoms with Crippen molar-refractivity contribution in [3.05, 3.63) is 0 Å². The van der Waals surface area contributed by atoms with E-state index in [0.29, 0.717) is 6.42 Å². The lowest BCUT2D eigenvalue weighted by atomic mass is 10.2. The first kappa shape index (κ1) is 9.88. The highest BCUT2D eigenvalue weighted by molar-refractivity contribution is 7.66. The van der Waals surface area contributed by atoms with E-state index in [9.17, 15) is 13.0 Å². The van der Waals surface area contributed by atoms with Crippen molar-refractivity contribution >= 4 is 11.7 Å². The quantitative estimate of drug-likeness (QED) is 0.456. The SMILES string of the molecule is CCCCCC(F)(F)[S+]=O.